The number of halogens is 1. The van der Waals surface area contributed by atoms with Gasteiger partial charge < -0.3 is 4.90 Å². The second-order valence-corrected chi connectivity index (χ2v) is 7.86. The molecule has 3 aromatic rings. The zero-order chi connectivity index (χ0) is 22.1. The number of carbonyl (C=O) groups is 2. The number of rotatable bonds is 4. The molecular formula is C25H24FN3O2. The second-order valence-electron chi connectivity index (χ2n) is 7.86. The van der Waals surface area contributed by atoms with Crippen molar-refractivity contribution in [1.82, 2.24) is 0 Å². The lowest BCUT2D eigenvalue weighted by Crippen LogP contribution is -2.56. The molecule has 158 valence electrons. The summed E-state index contributed by atoms with van der Waals surface area (Å²) >= 11 is 0. The molecule has 0 aliphatic carbocycles. The summed E-state index contributed by atoms with van der Waals surface area (Å²) in [7, 11) is 3.87. The summed E-state index contributed by atoms with van der Waals surface area (Å²) in [5.74, 6) is -1.15. The fourth-order valence-corrected chi connectivity index (χ4v) is 3.81. The highest BCUT2D eigenvalue weighted by atomic mass is 19.1. The molecule has 0 saturated carbocycles. The van der Waals surface area contributed by atoms with E-state index >= 15 is 0 Å². The van der Waals surface area contributed by atoms with E-state index in [1.807, 2.05) is 74.4 Å². The van der Waals surface area contributed by atoms with Crippen LogP contribution >= 0.6 is 0 Å². The molecule has 1 aliphatic rings. The highest BCUT2D eigenvalue weighted by Crippen LogP contribution is 2.35. The maximum absolute atomic E-state index is 14.5. The Morgan fingerprint density at radius 1 is 0.903 bits per heavy atom. The molecular weight excluding hydrogens is 393 g/mol. The number of para-hydroxylation sites is 1. The van der Waals surface area contributed by atoms with Crippen LogP contribution in [0.2, 0.25) is 0 Å². The van der Waals surface area contributed by atoms with Crippen molar-refractivity contribution in [2.45, 2.75) is 13.0 Å². The van der Waals surface area contributed by atoms with Crippen LogP contribution in [-0.2, 0) is 9.59 Å². The van der Waals surface area contributed by atoms with Crippen LogP contribution in [0.25, 0.3) is 0 Å². The van der Waals surface area contributed by atoms with Gasteiger partial charge in [-0.3, -0.25) is 19.4 Å². The average molecular weight is 417 g/mol. The zero-order valence-corrected chi connectivity index (χ0v) is 17.7. The quantitative estimate of drug-likeness (QED) is 0.635. The first-order valence-electron chi connectivity index (χ1n) is 10.1. The largest absolute Gasteiger partial charge is 0.378 e. The van der Waals surface area contributed by atoms with Gasteiger partial charge in [0, 0.05) is 25.5 Å². The maximum atomic E-state index is 14.5. The topological polar surface area (TPSA) is 43.9 Å². The van der Waals surface area contributed by atoms with E-state index in [-0.39, 0.29) is 24.0 Å². The third kappa shape index (κ3) is 3.89. The van der Waals surface area contributed by atoms with E-state index in [9.17, 15) is 14.0 Å². The lowest BCUT2D eigenvalue weighted by Gasteiger charge is -2.40. The molecule has 1 aliphatic heterocycles. The SMILES string of the molecule is Cc1ccc(N2C(=O)CN(c3ccccc3F)C(=O)[C@@H]2c2ccc(N(C)C)cc2)cc1. The van der Waals surface area contributed by atoms with Crippen molar-refractivity contribution in [2.75, 3.05) is 35.3 Å². The van der Waals surface area contributed by atoms with Gasteiger partial charge in [-0.15, -0.1) is 0 Å². The summed E-state index contributed by atoms with van der Waals surface area (Å²) < 4.78 is 14.5. The molecule has 4 rings (SSSR count). The van der Waals surface area contributed by atoms with Crippen LogP contribution in [0.5, 0.6) is 0 Å². The molecule has 1 saturated heterocycles. The van der Waals surface area contributed by atoms with Crippen LogP contribution < -0.4 is 14.7 Å². The summed E-state index contributed by atoms with van der Waals surface area (Å²) in [6, 6.07) is 20.1. The van der Waals surface area contributed by atoms with Crippen molar-refractivity contribution in [3.8, 4) is 0 Å². The molecule has 1 atom stereocenters. The first-order chi connectivity index (χ1) is 14.9. The van der Waals surface area contributed by atoms with Crippen LogP contribution in [0, 0.1) is 12.7 Å². The second kappa shape index (κ2) is 8.22. The van der Waals surface area contributed by atoms with E-state index in [4.69, 9.17) is 0 Å². The van der Waals surface area contributed by atoms with Crippen molar-refractivity contribution in [2.24, 2.45) is 0 Å². The van der Waals surface area contributed by atoms with Gasteiger partial charge in [-0.2, -0.15) is 0 Å². The number of amides is 2. The summed E-state index contributed by atoms with van der Waals surface area (Å²) in [5.41, 5.74) is 3.45. The summed E-state index contributed by atoms with van der Waals surface area (Å²) in [5, 5.41) is 0. The summed E-state index contributed by atoms with van der Waals surface area (Å²) in [6.45, 7) is 1.74. The first-order valence-corrected chi connectivity index (χ1v) is 10.1. The van der Waals surface area contributed by atoms with Crippen LogP contribution in [-0.4, -0.2) is 32.5 Å². The highest BCUT2D eigenvalue weighted by molar-refractivity contribution is 6.14. The molecule has 2 amide bonds. The molecule has 6 heteroatoms. The first kappa shape index (κ1) is 20.6. The normalized spacial score (nSPS) is 16.6. The fraction of sp³-hybridized carbons (Fsp3) is 0.200. The molecule has 0 aromatic heterocycles. The number of carbonyl (C=O) groups excluding carboxylic acids is 2. The van der Waals surface area contributed by atoms with Crippen LogP contribution in [0.4, 0.5) is 21.5 Å². The van der Waals surface area contributed by atoms with E-state index in [1.54, 1.807) is 12.1 Å². The minimum absolute atomic E-state index is 0.110. The van der Waals surface area contributed by atoms with Gasteiger partial charge in [0.05, 0.1) is 5.69 Å². The minimum Gasteiger partial charge on any atom is -0.378 e. The molecule has 0 unspecified atom stereocenters. The van der Waals surface area contributed by atoms with Crippen molar-refractivity contribution >= 4 is 28.9 Å². The lowest BCUT2D eigenvalue weighted by atomic mass is 9.98. The molecule has 31 heavy (non-hydrogen) atoms. The van der Waals surface area contributed by atoms with E-state index in [1.165, 1.54) is 21.9 Å². The predicted octanol–water partition coefficient (Wildman–Crippen LogP) is 4.32. The van der Waals surface area contributed by atoms with Gasteiger partial charge in [-0.1, -0.05) is 42.0 Å². The van der Waals surface area contributed by atoms with Gasteiger partial charge in [0.15, 0.2) is 0 Å². The molecule has 1 heterocycles. The lowest BCUT2D eigenvalue weighted by molar-refractivity contribution is -0.128. The smallest absolute Gasteiger partial charge is 0.255 e. The summed E-state index contributed by atoms with van der Waals surface area (Å²) in [6.07, 6.45) is 0. The Kier molecular flexibility index (Phi) is 5.46. The maximum Gasteiger partial charge on any atom is 0.255 e. The van der Waals surface area contributed by atoms with Gasteiger partial charge in [0.2, 0.25) is 5.91 Å². The number of anilines is 3. The van der Waals surface area contributed by atoms with E-state index in [2.05, 4.69) is 0 Å². The molecule has 0 bridgehead atoms. The van der Waals surface area contributed by atoms with Crippen LogP contribution in [0.15, 0.2) is 72.8 Å². The van der Waals surface area contributed by atoms with Crippen molar-refractivity contribution in [3.63, 3.8) is 0 Å². The van der Waals surface area contributed by atoms with Crippen molar-refractivity contribution in [3.05, 3.63) is 89.7 Å². The van der Waals surface area contributed by atoms with Gasteiger partial charge >= 0.3 is 0 Å². The Bertz CT molecular complexity index is 1110. The number of hydrogen-bond donors (Lipinski definition) is 0. The molecule has 0 spiro atoms. The predicted molar refractivity (Wildman–Crippen MR) is 121 cm³/mol. The fourth-order valence-electron chi connectivity index (χ4n) is 3.81. The monoisotopic (exact) mass is 417 g/mol. The molecule has 0 N–H and O–H groups in total. The van der Waals surface area contributed by atoms with E-state index in [0.29, 0.717) is 11.3 Å². The van der Waals surface area contributed by atoms with E-state index in [0.717, 1.165) is 11.3 Å². The minimum atomic E-state index is -0.889. The third-order valence-electron chi connectivity index (χ3n) is 5.50. The average Bonchev–Trinajstić information content (AvgIpc) is 2.76. The zero-order valence-electron chi connectivity index (χ0n) is 17.7. The van der Waals surface area contributed by atoms with Crippen molar-refractivity contribution in [1.29, 1.82) is 0 Å². The number of hydrogen-bond acceptors (Lipinski definition) is 3. The van der Waals surface area contributed by atoms with Crippen molar-refractivity contribution < 1.29 is 14.0 Å². The number of benzene rings is 3. The number of nitrogens with zero attached hydrogens (tertiary/aromatic N) is 3. The van der Waals surface area contributed by atoms with E-state index < -0.39 is 11.9 Å². The Hall–Kier alpha value is -3.67. The number of aryl methyl sites for hydroxylation is 1. The molecule has 1 fully saturated rings. The van der Waals surface area contributed by atoms with Gasteiger partial charge in [0.1, 0.15) is 18.4 Å². The van der Waals surface area contributed by atoms with Gasteiger partial charge in [0.25, 0.3) is 5.91 Å². The van der Waals surface area contributed by atoms with Crippen LogP contribution in [0.1, 0.15) is 17.2 Å². The Labute approximate surface area is 181 Å². The third-order valence-corrected chi connectivity index (χ3v) is 5.50. The molecule has 3 aromatic carbocycles. The Morgan fingerprint density at radius 2 is 1.55 bits per heavy atom. The van der Waals surface area contributed by atoms with Crippen LogP contribution in [0.3, 0.4) is 0 Å². The number of piperazine rings is 1. The summed E-state index contributed by atoms with van der Waals surface area (Å²) in [4.78, 5) is 31.6. The van der Waals surface area contributed by atoms with Gasteiger partial charge in [-0.25, -0.2) is 4.39 Å². The Morgan fingerprint density at radius 3 is 2.16 bits per heavy atom. The molecule has 5 nitrogen and oxygen atoms in total. The highest BCUT2D eigenvalue weighted by Gasteiger charge is 2.42. The van der Waals surface area contributed by atoms with Gasteiger partial charge in [-0.05, 0) is 48.9 Å². The Balaban J connectivity index is 1.81. The standard InChI is InChI=1S/C25H24FN3O2/c1-17-8-12-20(13-9-17)29-23(30)16-28(22-7-5-4-6-21(22)26)25(31)24(29)18-10-14-19(15-11-18)27(2)3/h4-15,24H,16H2,1-3H3/t24-/m0/s1. The molecule has 0 radical (unpaired) electrons.